The van der Waals surface area contributed by atoms with Crippen LogP contribution in [-0.4, -0.2) is 18.3 Å². The highest BCUT2D eigenvalue weighted by atomic mass is 19.1. The van der Waals surface area contributed by atoms with Crippen LogP contribution >= 0.6 is 0 Å². The van der Waals surface area contributed by atoms with E-state index in [1.807, 2.05) is 0 Å². The van der Waals surface area contributed by atoms with Gasteiger partial charge in [-0.1, -0.05) is 26.7 Å². The van der Waals surface area contributed by atoms with Gasteiger partial charge in [-0.2, -0.15) is 0 Å². The lowest BCUT2D eigenvalue weighted by Crippen LogP contribution is -2.13. The van der Waals surface area contributed by atoms with Crippen molar-refractivity contribution in [3.8, 4) is 5.75 Å². The Labute approximate surface area is 127 Å². The maximum atomic E-state index is 13.7. The summed E-state index contributed by atoms with van der Waals surface area (Å²) in [7, 11) is 0. The molecule has 0 aromatic heterocycles. The van der Waals surface area contributed by atoms with Gasteiger partial charge in [0.2, 0.25) is 0 Å². The zero-order valence-corrected chi connectivity index (χ0v) is 13.1. The van der Waals surface area contributed by atoms with Gasteiger partial charge in [0.25, 0.3) is 0 Å². The van der Waals surface area contributed by atoms with Gasteiger partial charge in [0, 0.05) is 5.56 Å². The van der Waals surface area contributed by atoms with Crippen molar-refractivity contribution in [2.24, 2.45) is 11.7 Å². The predicted molar refractivity (Wildman–Crippen MR) is 83.8 cm³/mol. The first-order chi connectivity index (χ1) is 10.1. The van der Waals surface area contributed by atoms with Gasteiger partial charge in [0.05, 0.1) is 12.7 Å². The Morgan fingerprint density at radius 2 is 1.86 bits per heavy atom. The van der Waals surface area contributed by atoms with E-state index in [2.05, 4.69) is 13.8 Å². The summed E-state index contributed by atoms with van der Waals surface area (Å²) in [5, 5.41) is 9.90. The number of benzene rings is 1. The topological polar surface area (TPSA) is 55.5 Å². The maximum Gasteiger partial charge on any atom is 0.129 e. The summed E-state index contributed by atoms with van der Waals surface area (Å²) in [6.07, 6.45) is 4.01. The summed E-state index contributed by atoms with van der Waals surface area (Å²) in [5.74, 6) is 0.726. The number of hydrogen-bond donors (Lipinski definition) is 2. The van der Waals surface area contributed by atoms with Crippen LogP contribution in [0.4, 0.5) is 4.39 Å². The van der Waals surface area contributed by atoms with Crippen molar-refractivity contribution in [1.82, 2.24) is 0 Å². The van der Waals surface area contributed by atoms with Crippen LogP contribution < -0.4 is 10.5 Å². The van der Waals surface area contributed by atoms with Crippen molar-refractivity contribution in [1.29, 1.82) is 0 Å². The molecule has 0 radical (unpaired) electrons. The third-order valence-corrected chi connectivity index (χ3v) is 3.65. The fourth-order valence-corrected chi connectivity index (χ4v) is 2.52. The Morgan fingerprint density at radius 1 is 1.19 bits per heavy atom. The largest absolute Gasteiger partial charge is 0.493 e. The monoisotopic (exact) mass is 297 g/mol. The van der Waals surface area contributed by atoms with Gasteiger partial charge in [-0.15, -0.1) is 0 Å². The summed E-state index contributed by atoms with van der Waals surface area (Å²) >= 11 is 0. The van der Waals surface area contributed by atoms with Gasteiger partial charge >= 0.3 is 0 Å². The molecule has 1 aromatic rings. The lowest BCUT2D eigenvalue weighted by atomic mass is 9.99. The number of hydrogen-bond acceptors (Lipinski definition) is 3. The molecular weight excluding hydrogens is 269 g/mol. The van der Waals surface area contributed by atoms with Crippen molar-refractivity contribution < 1.29 is 14.2 Å². The lowest BCUT2D eigenvalue weighted by molar-refractivity contribution is 0.164. The van der Waals surface area contributed by atoms with Gasteiger partial charge in [0.1, 0.15) is 11.6 Å². The van der Waals surface area contributed by atoms with E-state index in [0.717, 1.165) is 25.7 Å². The maximum absolute atomic E-state index is 13.7. The Bertz CT molecular complexity index is 406. The second kappa shape index (κ2) is 9.74. The average Bonchev–Trinajstić information content (AvgIpc) is 2.46. The minimum absolute atomic E-state index is 0.264. The first kappa shape index (κ1) is 17.9. The van der Waals surface area contributed by atoms with Crippen LogP contribution in [0.15, 0.2) is 18.2 Å². The second-order valence-electron chi connectivity index (χ2n) is 5.53. The molecule has 0 heterocycles. The number of aliphatic hydroxyl groups excluding tert-OH is 1. The fraction of sp³-hybridized carbons (Fsp3) is 0.647. The second-order valence-corrected chi connectivity index (χ2v) is 5.53. The molecule has 0 aliphatic heterocycles. The molecule has 0 saturated carbocycles. The minimum atomic E-state index is -0.874. The molecule has 0 fully saturated rings. The van der Waals surface area contributed by atoms with Gasteiger partial charge in [0.15, 0.2) is 0 Å². The highest BCUT2D eigenvalue weighted by molar-refractivity contribution is 5.31. The van der Waals surface area contributed by atoms with E-state index < -0.39 is 11.9 Å². The third kappa shape index (κ3) is 6.02. The molecule has 4 heteroatoms. The van der Waals surface area contributed by atoms with Crippen LogP contribution in [-0.2, 0) is 0 Å². The average molecular weight is 297 g/mol. The molecular formula is C17H28FNO2. The Balaban J connectivity index is 2.68. The molecule has 1 rings (SSSR count). The number of ether oxygens (including phenoxy) is 1. The fourth-order valence-electron chi connectivity index (χ4n) is 2.52. The van der Waals surface area contributed by atoms with E-state index in [1.165, 1.54) is 6.07 Å². The van der Waals surface area contributed by atoms with Crippen LogP contribution in [0, 0.1) is 11.7 Å². The first-order valence-electron chi connectivity index (χ1n) is 7.92. The highest BCUT2D eigenvalue weighted by Crippen LogP contribution is 2.25. The van der Waals surface area contributed by atoms with E-state index in [4.69, 9.17) is 10.5 Å². The zero-order chi connectivity index (χ0) is 15.7. The molecule has 1 atom stereocenters. The Hall–Kier alpha value is -1.13. The molecule has 0 saturated heterocycles. The Morgan fingerprint density at radius 3 is 2.43 bits per heavy atom. The van der Waals surface area contributed by atoms with Crippen molar-refractivity contribution in [2.45, 2.75) is 52.1 Å². The van der Waals surface area contributed by atoms with Crippen molar-refractivity contribution in [3.05, 3.63) is 29.6 Å². The van der Waals surface area contributed by atoms with Gasteiger partial charge in [-0.05, 0) is 49.9 Å². The number of rotatable bonds is 10. The summed E-state index contributed by atoms with van der Waals surface area (Å²) < 4.78 is 19.5. The van der Waals surface area contributed by atoms with E-state index >= 15 is 0 Å². The SMILES string of the molecule is CCCC(CCC)COc1ccc(F)c(C(O)CCN)c1. The van der Waals surface area contributed by atoms with Crippen LogP contribution in [0.2, 0.25) is 0 Å². The van der Waals surface area contributed by atoms with Crippen LogP contribution in [0.25, 0.3) is 0 Å². The van der Waals surface area contributed by atoms with Crippen LogP contribution in [0.3, 0.4) is 0 Å². The standard InChI is InChI=1S/C17H28FNO2/c1-3-5-13(6-4-2)12-21-14-7-8-16(18)15(11-14)17(20)9-10-19/h7-8,11,13,17,20H,3-6,9-10,12,19H2,1-2H3. The molecule has 0 aliphatic rings. The third-order valence-electron chi connectivity index (χ3n) is 3.65. The quantitative estimate of drug-likeness (QED) is 0.690. The van der Waals surface area contributed by atoms with Gasteiger partial charge in [-0.3, -0.25) is 0 Å². The molecule has 3 N–H and O–H groups in total. The number of halogens is 1. The smallest absolute Gasteiger partial charge is 0.129 e. The van der Waals surface area contributed by atoms with E-state index in [-0.39, 0.29) is 5.56 Å². The van der Waals surface area contributed by atoms with E-state index in [1.54, 1.807) is 12.1 Å². The van der Waals surface area contributed by atoms with E-state index in [0.29, 0.717) is 31.2 Å². The highest BCUT2D eigenvalue weighted by Gasteiger charge is 2.14. The molecule has 0 spiro atoms. The van der Waals surface area contributed by atoms with Crippen LogP contribution in [0.1, 0.15) is 57.6 Å². The van der Waals surface area contributed by atoms with Crippen molar-refractivity contribution in [3.63, 3.8) is 0 Å². The molecule has 1 unspecified atom stereocenters. The molecule has 120 valence electrons. The van der Waals surface area contributed by atoms with Crippen LogP contribution in [0.5, 0.6) is 5.75 Å². The van der Waals surface area contributed by atoms with Gasteiger partial charge < -0.3 is 15.6 Å². The summed E-state index contributed by atoms with van der Waals surface area (Å²) in [6.45, 7) is 5.30. The molecule has 0 aliphatic carbocycles. The predicted octanol–water partition coefficient (Wildman–Crippen LogP) is 3.80. The normalized spacial score (nSPS) is 12.7. The molecule has 21 heavy (non-hydrogen) atoms. The molecule has 1 aromatic carbocycles. The number of nitrogens with two attached hydrogens (primary N) is 1. The first-order valence-corrected chi connectivity index (χ1v) is 7.92. The lowest BCUT2D eigenvalue weighted by Gasteiger charge is -2.17. The van der Waals surface area contributed by atoms with E-state index in [9.17, 15) is 9.50 Å². The summed E-state index contributed by atoms with van der Waals surface area (Å²) in [4.78, 5) is 0. The number of aliphatic hydroxyl groups is 1. The molecule has 3 nitrogen and oxygen atoms in total. The van der Waals surface area contributed by atoms with Crippen molar-refractivity contribution >= 4 is 0 Å². The van der Waals surface area contributed by atoms with Gasteiger partial charge in [-0.25, -0.2) is 4.39 Å². The Kier molecular flexibility index (Phi) is 8.31. The summed E-state index contributed by atoms with van der Waals surface area (Å²) in [6, 6.07) is 4.55. The van der Waals surface area contributed by atoms with Crippen molar-refractivity contribution in [2.75, 3.05) is 13.2 Å². The molecule has 0 bridgehead atoms. The zero-order valence-electron chi connectivity index (χ0n) is 13.1. The molecule has 0 amide bonds. The summed E-state index contributed by atoms with van der Waals surface area (Å²) in [5.41, 5.74) is 5.67. The minimum Gasteiger partial charge on any atom is -0.493 e.